The average molecular weight is 671 g/mol. The molecule has 9 nitrogen and oxygen atoms in total. The van der Waals surface area contributed by atoms with E-state index < -0.39 is 53.9 Å². The van der Waals surface area contributed by atoms with Gasteiger partial charge in [-0.25, -0.2) is 26.5 Å². The first-order chi connectivity index (χ1) is 19.1. The Kier molecular flexibility index (Phi) is 7.51. The second-order valence-electron chi connectivity index (χ2n) is 9.54. The van der Waals surface area contributed by atoms with Gasteiger partial charge in [-0.3, -0.25) is 0 Å². The number of aryl methyl sites for hydroxylation is 1. The van der Waals surface area contributed by atoms with Crippen LogP contribution in [-0.4, -0.2) is 32.7 Å². The highest BCUT2D eigenvalue weighted by Crippen LogP contribution is 2.37. The Morgan fingerprint density at radius 1 is 1.15 bits per heavy atom. The van der Waals surface area contributed by atoms with E-state index in [0.717, 1.165) is 12.1 Å². The van der Waals surface area contributed by atoms with Crippen LogP contribution in [0.5, 0.6) is 0 Å². The molecule has 0 amide bonds. The first kappa shape index (κ1) is 29.2. The number of para-hydroxylation sites is 2. The molecule has 5 rings (SSSR count). The lowest BCUT2D eigenvalue weighted by molar-refractivity contribution is -0.217. The van der Waals surface area contributed by atoms with Crippen LogP contribution in [0, 0.1) is 6.92 Å². The van der Waals surface area contributed by atoms with Gasteiger partial charge in [0.05, 0.1) is 27.5 Å². The van der Waals surface area contributed by atoms with Gasteiger partial charge in [0.2, 0.25) is 10.0 Å². The van der Waals surface area contributed by atoms with Gasteiger partial charge in [-0.1, -0.05) is 46.3 Å². The molecule has 0 radical (unpaired) electrons. The van der Waals surface area contributed by atoms with Crippen molar-refractivity contribution in [3.8, 4) is 0 Å². The van der Waals surface area contributed by atoms with Crippen molar-refractivity contribution < 1.29 is 35.1 Å². The average Bonchev–Trinajstić information content (AvgIpc) is 3.42. The lowest BCUT2D eigenvalue weighted by Crippen LogP contribution is -2.31. The second-order valence-corrected chi connectivity index (χ2v) is 13.9. The zero-order chi connectivity index (χ0) is 29.7. The molecule has 0 fully saturated rings. The van der Waals surface area contributed by atoms with Crippen molar-refractivity contribution in [2.24, 2.45) is 4.40 Å². The fourth-order valence-corrected chi connectivity index (χ4v) is 7.84. The normalized spacial score (nSPS) is 18.0. The van der Waals surface area contributed by atoms with Crippen LogP contribution in [0.15, 0.2) is 74.4 Å². The number of imidazole rings is 1. The number of benzene rings is 3. The van der Waals surface area contributed by atoms with Gasteiger partial charge in [0, 0.05) is 4.47 Å². The van der Waals surface area contributed by atoms with Crippen LogP contribution in [0.1, 0.15) is 45.8 Å². The molecule has 2 atom stereocenters. The minimum atomic E-state index is -4.79. The molecule has 1 aliphatic rings. The highest BCUT2D eigenvalue weighted by Gasteiger charge is 2.35. The van der Waals surface area contributed by atoms with Crippen molar-refractivity contribution in [2.75, 3.05) is 0 Å². The minimum Gasteiger partial charge on any atom is -0.861 e. The summed E-state index contributed by atoms with van der Waals surface area (Å²) in [5, 5.41) is 10.6. The number of aromatic amines is 1. The number of nitrogens with one attached hydrogen (secondary N) is 2. The third-order valence-corrected chi connectivity index (χ3v) is 10.4. The molecule has 0 bridgehead atoms. The van der Waals surface area contributed by atoms with Crippen molar-refractivity contribution in [3.05, 3.63) is 93.2 Å². The molecule has 3 aromatic carbocycles. The van der Waals surface area contributed by atoms with Crippen LogP contribution in [0.4, 0.5) is 13.2 Å². The first-order valence-corrected chi connectivity index (χ1v) is 15.8. The zero-order valence-corrected chi connectivity index (χ0v) is 24.3. The number of nitrogens with zero attached hydrogens (tertiary/aromatic N) is 2. The summed E-state index contributed by atoms with van der Waals surface area (Å²) in [4.78, 5) is 6.97. The maximum atomic E-state index is 13.5. The maximum Gasteiger partial charge on any atom is 0.417 e. The Hall–Kier alpha value is -3.27. The topological polar surface area (TPSA) is 144 Å². The van der Waals surface area contributed by atoms with Crippen LogP contribution in [0.2, 0.25) is 0 Å². The molecule has 2 heterocycles. The quantitative estimate of drug-likeness (QED) is 0.298. The van der Waals surface area contributed by atoms with Crippen LogP contribution in [0.25, 0.3) is 11.0 Å². The van der Waals surface area contributed by atoms with Gasteiger partial charge in [-0.15, -0.1) is 0 Å². The molecule has 1 aromatic heterocycles. The molecule has 15 heteroatoms. The number of aromatic nitrogens is 2. The van der Waals surface area contributed by atoms with Crippen LogP contribution < -0.4 is 9.83 Å². The third kappa shape index (κ3) is 6.03. The summed E-state index contributed by atoms with van der Waals surface area (Å²) >= 11 is 2.82. The van der Waals surface area contributed by atoms with Gasteiger partial charge in [-0.2, -0.15) is 17.6 Å². The molecule has 1 aliphatic heterocycles. The second kappa shape index (κ2) is 10.5. The highest BCUT2D eigenvalue weighted by atomic mass is 79.9. The summed E-state index contributed by atoms with van der Waals surface area (Å²) < 4.78 is 97.2. The number of H-pyrrole nitrogens is 1. The van der Waals surface area contributed by atoms with Crippen molar-refractivity contribution in [2.45, 2.75) is 42.1 Å². The molecule has 4 aromatic rings. The van der Waals surface area contributed by atoms with E-state index in [-0.39, 0.29) is 23.1 Å². The van der Waals surface area contributed by atoms with Gasteiger partial charge in [0.1, 0.15) is 11.1 Å². The Balaban J connectivity index is 1.51. The third-order valence-electron chi connectivity index (χ3n) is 6.66. The molecule has 0 unspecified atom stereocenters. The van der Waals surface area contributed by atoms with E-state index in [4.69, 9.17) is 0 Å². The number of rotatable bonds is 7. The van der Waals surface area contributed by atoms with Gasteiger partial charge < -0.3 is 10.1 Å². The molecule has 0 saturated carbocycles. The molecule has 0 aliphatic carbocycles. The fourth-order valence-electron chi connectivity index (χ4n) is 4.71. The summed E-state index contributed by atoms with van der Waals surface area (Å²) in [5.41, 5.74) is 1.58. The van der Waals surface area contributed by atoms with E-state index >= 15 is 0 Å². The molecule has 0 saturated heterocycles. The predicted molar refractivity (Wildman–Crippen MR) is 147 cm³/mol. The number of halogens is 4. The van der Waals surface area contributed by atoms with Crippen LogP contribution in [0.3, 0.4) is 0 Å². The van der Waals surface area contributed by atoms with E-state index in [1.54, 1.807) is 49.4 Å². The zero-order valence-electron chi connectivity index (χ0n) is 21.1. The number of fused-ring (bicyclic) bond motifs is 1. The molecule has 41 heavy (non-hydrogen) atoms. The van der Waals surface area contributed by atoms with Crippen molar-refractivity contribution >= 4 is 52.9 Å². The lowest BCUT2D eigenvalue weighted by Gasteiger charge is -2.19. The molecule has 0 spiro atoms. The highest BCUT2D eigenvalue weighted by molar-refractivity contribution is 9.10. The standard InChI is InChI=1S/C26H22BrF3N4O5S2/c1-14-10-15(6-8-17(14)23-13-24(35)34-41(23,38)39)11-22(25-31-20-4-2-3-5-21(20)32-25)33-40(36,37)16-7-9-19(27)18(12-16)26(28,29)30/h2-10,12,22-23,33H,11,13H2,1H3,(H,31,32)(H,34,35)/p-1/t22-,23-/m0/s1. The largest absolute Gasteiger partial charge is 0.861 e. The van der Waals surface area contributed by atoms with Crippen molar-refractivity contribution in [1.29, 1.82) is 0 Å². The molecule has 216 valence electrons. The number of sulfonamides is 2. The monoisotopic (exact) mass is 669 g/mol. The number of hydrogen-bond acceptors (Lipinski definition) is 6. The van der Waals surface area contributed by atoms with E-state index in [9.17, 15) is 35.1 Å². The van der Waals surface area contributed by atoms with Gasteiger partial charge in [-0.05, 0) is 72.7 Å². The van der Waals surface area contributed by atoms with E-state index in [1.807, 2.05) is 0 Å². The van der Waals surface area contributed by atoms with Gasteiger partial charge in [0.15, 0.2) is 0 Å². The molecular weight excluding hydrogens is 649 g/mol. The minimum absolute atomic E-state index is 0.0174. The lowest BCUT2D eigenvalue weighted by atomic mass is 9.97. The summed E-state index contributed by atoms with van der Waals surface area (Å²) in [5.74, 6) is -0.494. The van der Waals surface area contributed by atoms with Gasteiger partial charge in [0.25, 0.3) is 10.0 Å². The summed E-state index contributed by atoms with van der Waals surface area (Å²) in [6, 6.07) is 13.4. The van der Waals surface area contributed by atoms with Crippen LogP contribution in [-0.2, 0) is 32.6 Å². The number of alkyl halides is 3. The predicted octanol–water partition coefficient (Wildman–Crippen LogP) is 4.45. The van der Waals surface area contributed by atoms with E-state index in [1.165, 1.54) is 0 Å². The van der Waals surface area contributed by atoms with Crippen molar-refractivity contribution in [1.82, 2.24) is 14.7 Å². The summed E-state index contributed by atoms with van der Waals surface area (Å²) in [6.45, 7) is 1.66. The maximum absolute atomic E-state index is 13.5. The smallest absolute Gasteiger partial charge is 0.417 e. The Labute approximate surface area is 241 Å². The first-order valence-electron chi connectivity index (χ1n) is 12.1. The van der Waals surface area contributed by atoms with Gasteiger partial charge >= 0.3 is 6.18 Å². The van der Waals surface area contributed by atoms with Crippen LogP contribution >= 0.6 is 15.9 Å². The Morgan fingerprint density at radius 3 is 2.51 bits per heavy atom. The molecular formula is C26H21BrF3N4O5S2-. The molecule has 2 N–H and O–H groups in total. The van der Waals surface area contributed by atoms with E-state index in [0.29, 0.717) is 33.8 Å². The summed E-state index contributed by atoms with van der Waals surface area (Å²) in [6.07, 6.45) is -5.03. The fraction of sp³-hybridized carbons (Fsp3) is 0.231. The van der Waals surface area contributed by atoms with E-state index in [2.05, 4.69) is 35.0 Å². The Morgan fingerprint density at radius 2 is 1.88 bits per heavy atom. The van der Waals surface area contributed by atoms with Crippen molar-refractivity contribution in [3.63, 3.8) is 0 Å². The summed E-state index contributed by atoms with van der Waals surface area (Å²) in [7, 11) is -8.47. The Bertz CT molecular complexity index is 1870. The number of hydrogen-bond donors (Lipinski definition) is 2. The SMILES string of the molecule is Cc1cc(C[C@H](NS(=O)(=O)c2ccc(Br)c(C(F)(F)F)c2)c2nc3ccccc3[nH]2)ccc1[C@@H]1CC([O-])=NS1(=O)=O.